The van der Waals surface area contributed by atoms with Crippen LogP contribution in [0, 0.1) is 0 Å². The molecule has 7 nitrogen and oxygen atoms in total. The summed E-state index contributed by atoms with van der Waals surface area (Å²) in [5.41, 5.74) is 8.56. The standard InChI is InChI=1S/C27H25Cl3N4O3S/c1-14(17-3-2-4-23(25(17)30)37-16-5-7-32-8-6-16)36-24-10-15(9-18(26(24)38)27(31)35)34-13-33-21-11-19(28)20(29)12-22(21)34/h2-4,9-14,16,32,38H,5-8H2,1H3,(H2,31,35)/t14-/m1/s1. The number of nitrogens with one attached hydrogen (secondary N) is 1. The van der Waals surface area contributed by atoms with Gasteiger partial charge in [0.05, 0.1) is 42.2 Å². The topological polar surface area (TPSA) is 91.4 Å². The Labute approximate surface area is 240 Å². The normalized spacial score (nSPS) is 15.0. The summed E-state index contributed by atoms with van der Waals surface area (Å²) < 4.78 is 14.3. The summed E-state index contributed by atoms with van der Waals surface area (Å²) in [5, 5.41) is 4.59. The summed E-state index contributed by atoms with van der Waals surface area (Å²) >= 11 is 23.7. The maximum Gasteiger partial charge on any atom is 0.250 e. The fraction of sp³-hybridized carbons (Fsp3) is 0.259. The van der Waals surface area contributed by atoms with E-state index >= 15 is 0 Å². The quantitative estimate of drug-likeness (QED) is 0.210. The molecule has 3 N–H and O–H groups in total. The van der Waals surface area contributed by atoms with Gasteiger partial charge in [-0.25, -0.2) is 4.98 Å². The first-order valence-electron chi connectivity index (χ1n) is 12.0. The number of benzene rings is 3. The Balaban J connectivity index is 1.49. The zero-order chi connectivity index (χ0) is 27.0. The summed E-state index contributed by atoms with van der Waals surface area (Å²) in [6.07, 6.45) is 3.06. The Hall–Kier alpha value is -2.62. The van der Waals surface area contributed by atoms with Crippen molar-refractivity contribution in [2.24, 2.45) is 5.73 Å². The molecule has 11 heteroatoms. The Kier molecular flexibility index (Phi) is 7.98. The van der Waals surface area contributed by atoms with Crippen LogP contribution in [0.4, 0.5) is 0 Å². The van der Waals surface area contributed by atoms with E-state index in [1.807, 2.05) is 25.1 Å². The zero-order valence-corrected chi connectivity index (χ0v) is 23.5. The average molecular weight is 592 g/mol. The zero-order valence-electron chi connectivity index (χ0n) is 20.4. The number of carbonyl (C=O) groups is 1. The summed E-state index contributed by atoms with van der Waals surface area (Å²) in [4.78, 5) is 17.0. The fourth-order valence-electron chi connectivity index (χ4n) is 4.50. The highest BCUT2D eigenvalue weighted by molar-refractivity contribution is 7.80. The second-order valence-electron chi connectivity index (χ2n) is 9.06. The number of nitrogens with zero attached hydrogens (tertiary/aromatic N) is 2. The summed E-state index contributed by atoms with van der Waals surface area (Å²) in [7, 11) is 0. The molecular formula is C27H25Cl3N4O3S. The van der Waals surface area contributed by atoms with Crippen molar-refractivity contribution in [2.75, 3.05) is 13.1 Å². The second kappa shape index (κ2) is 11.2. The van der Waals surface area contributed by atoms with Crippen LogP contribution in [0.1, 0.15) is 41.8 Å². The minimum absolute atomic E-state index is 0.104. The Morgan fingerprint density at radius 2 is 1.87 bits per heavy atom. The number of carbonyl (C=O) groups excluding carboxylic acids is 1. The predicted octanol–water partition coefficient (Wildman–Crippen LogP) is 6.64. The van der Waals surface area contributed by atoms with Crippen molar-refractivity contribution in [3.8, 4) is 17.2 Å². The van der Waals surface area contributed by atoms with Crippen molar-refractivity contribution in [3.63, 3.8) is 0 Å². The molecule has 0 saturated carbocycles. The number of piperidine rings is 1. The molecule has 1 atom stereocenters. The third-order valence-corrected chi connectivity index (χ3v) is 8.10. The molecule has 0 spiro atoms. The van der Waals surface area contributed by atoms with Crippen molar-refractivity contribution in [3.05, 3.63) is 75.0 Å². The number of ether oxygens (including phenoxy) is 2. The van der Waals surface area contributed by atoms with Crippen LogP contribution in [0.2, 0.25) is 15.1 Å². The highest BCUT2D eigenvalue weighted by atomic mass is 35.5. The monoisotopic (exact) mass is 590 g/mol. The number of aromatic nitrogens is 2. The number of halogens is 3. The van der Waals surface area contributed by atoms with Gasteiger partial charge in [-0.15, -0.1) is 12.6 Å². The predicted molar refractivity (Wildman–Crippen MR) is 154 cm³/mol. The largest absolute Gasteiger partial charge is 0.489 e. The second-order valence-corrected chi connectivity index (χ2v) is 10.7. The Bertz CT molecular complexity index is 1520. The van der Waals surface area contributed by atoms with Gasteiger partial charge < -0.3 is 20.5 Å². The third kappa shape index (κ3) is 5.42. The molecule has 1 aromatic heterocycles. The number of nitrogens with two attached hydrogens (primary N) is 1. The first-order chi connectivity index (χ1) is 18.2. The number of hydrogen-bond acceptors (Lipinski definition) is 6. The lowest BCUT2D eigenvalue weighted by atomic mass is 10.1. The molecule has 1 aliphatic heterocycles. The molecule has 1 fully saturated rings. The molecule has 0 unspecified atom stereocenters. The van der Waals surface area contributed by atoms with Crippen LogP contribution < -0.4 is 20.5 Å². The van der Waals surface area contributed by atoms with Gasteiger partial charge in [0.25, 0.3) is 0 Å². The van der Waals surface area contributed by atoms with E-state index in [-0.39, 0.29) is 11.7 Å². The molecule has 0 bridgehead atoms. The molecule has 1 aliphatic rings. The maximum absolute atomic E-state index is 12.3. The summed E-state index contributed by atoms with van der Waals surface area (Å²) in [6.45, 7) is 3.69. The number of primary amides is 1. The summed E-state index contributed by atoms with van der Waals surface area (Å²) in [5.74, 6) is 0.328. The number of hydrogen-bond donors (Lipinski definition) is 3. The number of fused-ring (bicyclic) bond motifs is 1. The van der Waals surface area contributed by atoms with E-state index in [2.05, 4.69) is 22.9 Å². The molecule has 0 radical (unpaired) electrons. The van der Waals surface area contributed by atoms with Gasteiger partial charge in [-0.05, 0) is 57.1 Å². The number of amides is 1. The third-order valence-electron chi connectivity index (χ3n) is 6.51. The van der Waals surface area contributed by atoms with E-state index < -0.39 is 12.0 Å². The molecular weight excluding hydrogens is 567 g/mol. The van der Waals surface area contributed by atoms with Crippen molar-refractivity contribution >= 4 is 64.4 Å². The van der Waals surface area contributed by atoms with Gasteiger partial charge in [0.15, 0.2) is 0 Å². The number of imidazole rings is 1. The van der Waals surface area contributed by atoms with Crippen LogP contribution in [0.15, 0.2) is 53.7 Å². The van der Waals surface area contributed by atoms with E-state index in [0.29, 0.717) is 48.2 Å². The van der Waals surface area contributed by atoms with Gasteiger partial charge in [0.1, 0.15) is 30.0 Å². The van der Waals surface area contributed by atoms with Crippen molar-refractivity contribution in [1.82, 2.24) is 14.9 Å². The number of rotatable bonds is 7. The van der Waals surface area contributed by atoms with Crippen LogP contribution in [-0.4, -0.2) is 34.7 Å². The van der Waals surface area contributed by atoms with Gasteiger partial charge in [0, 0.05) is 11.6 Å². The molecule has 38 heavy (non-hydrogen) atoms. The Morgan fingerprint density at radius 3 is 2.61 bits per heavy atom. The van der Waals surface area contributed by atoms with Crippen LogP contribution in [0.3, 0.4) is 0 Å². The highest BCUT2D eigenvalue weighted by Crippen LogP contribution is 2.38. The maximum atomic E-state index is 12.3. The van der Waals surface area contributed by atoms with E-state index in [0.717, 1.165) is 31.5 Å². The first kappa shape index (κ1) is 27.0. The SMILES string of the molecule is C[C@@H](Oc1cc(-n2cnc3cc(Cl)c(Cl)cc32)cc(C(N)=O)c1S)c1cccc(OC2CCNCC2)c1Cl. The lowest BCUT2D eigenvalue weighted by Gasteiger charge is -2.25. The smallest absolute Gasteiger partial charge is 0.250 e. The minimum atomic E-state index is -0.643. The Morgan fingerprint density at radius 1 is 1.13 bits per heavy atom. The van der Waals surface area contributed by atoms with Crippen molar-refractivity contribution < 1.29 is 14.3 Å². The first-order valence-corrected chi connectivity index (χ1v) is 13.6. The van der Waals surface area contributed by atoms with Gasteiger partial charge in [0.2, 0.25) is 5.91 Å². The highest BCUT2D eigenvalue weighted by Gasteiger charge is 2.22. The molecule has 1 amide bonds. The van der Waals surface area contributed by atoms with Crippen molar-refractivity contribution in [1.29, 1.82) is 0 Å². The molecule has 198 valence electrons. The van der Waals surface area contributed by atoms with Crippen molar-refractivity contribution in [2.45, 2.75) is 36.9 Å². The average Bonchev–Trinajstić information content (AvgIpc) is 3.29. The minimum Gasteiger partial charge on any atom is -0.489 e. The van der Waals surface area contributed by atoms with Gasteiger partial charge in [-0.1, -0.05) is 46.9 Å². The van der Waals surface area contributed by atoms with E-state index in [9.17, 15) is 4.79 Å². The van der Waals surface area contributed by atoms with Gasteiger partial charge in [-0.3, -0.25) is 9.36 Å². The van der Waals surface area contributed by atoms with Crippen LogP contribution in [-0.2, 0) is 0 Å². The molecule has 5 rings (SSSR count). The molecule has 2 heterocycles. The molecule has 0 aliphatic carbocycles. The molecule has 4 aromatic rings. The van der Waals surface area contributed by atoms with Crippen LogP contribution >= 0.6 is 47.4 Å². The van der Waals surface area contributed by atoms with Gasteiger partial charge in [-0.2, -0.15) is 0 Å². The van der Waals surface area contributed by atoms with Gasteiger partial charge >= 0.3 is 0 Å². The summed E-state index contributed by atoms with van der Waals surface area (Å²) in [6, 6.07) is 12.4. The lowest BCUT2D eigenvalue weighted by molar-refractivity contribution is 0.0996. The fourth-order valence-corrected chi connectivity index (χ4v) is 5.43. The van der Waals surface area contributed by atoms with E-state index in [1.165, 1.54) is 0 Å². The van der Waals surface area contributed by atoms with Crippen LogP contribution in [0.25, 0.3) is 16.7 Å². The molecule has 1 saturated heterocycles. The van der Waals surface area contributed by atoms with Crippen LogP contribution in [0.5, 0.6) is 11.5 Å². The lowest BCUT2D eigenvalue weighted by Crippen LogP contribution is -2.34. The van der Waals surface area contributed by atoms with E-state index in [4.69, 9.17) is 50.0 Å². The number of thiol groups is 1. The van der Waals surface area contributed by atoms with E-state index in [1.54, 1.807) is 35.2 Å². The molecule has 3 aromatic carbocycles.